The van der Waals surface area contributed by atoms with Gasteiger partial charge in [-0.25, -0.2) is 18.4 Å². The van der Waals surface area contributed by atoms with Crippen LogP contribution in [0.1, 0.15) is 8.42 Å². The van der Waals surface area contributed by atoms with Crippen LogP contribution in [0.4, 0.5) is 11.5 Å². The topological polar surface area (TPSA) is 111 Å². The summed E-state index contributed by atoms with van der Waals surface area (Å²) in [6.07, 6.45) is 5.04. The Morgan fingerprint density at radius 1 is 1.03 bits per heavy atom. The molecule has 2 aromatic heterocycles. The number of sulfonamides is 1. The number of hydrogen-bond acceptors (Lipinski definition) is 6. The molecule has 4 aromatic rings. The summed E-state index contributed by atoms with van der Waals surface area (Å²) in [6.45, 7) is 2.61. The lowest BCUT2D eigenvalue weighted by Gasteiger charge is -2.36. The van der Waals surface area contributed by atoms with Gasteiger partial charge in [0, 0.05) is 58.0 Å². The van der Waals surface area contributed by atoms with Crippen molar-refractivity contribution < 1.29 is 16.1 Å². The van der Waals surface area contributed by atoms with Gasteiger partial charge in [-0.3, -0.25) is 9.52 Å². The second-order valence-corrected chi connectivity index (χ2v) is 9.78. The molecular weight excluding hydrogens is 452 g/mol. The van der Waals surface area contributed by atoms with Crippen LogP contribution >= 0.6 is 0 Å². The van der Waals surface area contributed by atoms with E-state index in [2.05, 4.69) is 24.6 Å². The van der Waals surface area contributed by atoms with E-state index in [9.17, 15) is 13.2 Å². The Morgan fingerprint density at radius 2 is 1.79 bits per heavy atom. The average molecular weight is 481 g/mol. The third-order valence-corrected chi connectivity index (χ3v) is 7.35. The molecule has 0 aliphatic carbocycles. The standard InChI is InChI=1S/C24H24N6O3S.2H2/c31-24(15-18-16-26-22-4-2-1-3-21(18)22)30-13-11-29(12-14-30)19-5-7-20(8-6-19)34(32,33)28-23-9-10-25-17-27-23;;/h1-10,16-17,26H,11-15H2,(H,25,27,28);2*1H. The minimum absolute atomic E-state index is 0. The number of para-hydroxylation sites is 1. The molecule has 1 amide bonds. The van der Waals surface area contributed by atoms with Crippen LogP contribution in [-0.4, -0.2) is 60.4 Å². The first-order chi connectivity index (χ1) is 16.5. The van der Waals surface area contributed by atoms with Crippen molar-refractivity contribution in [2.75, 3.05) is 35.8 Å². The SMILES string of the molecule is O=C(Cc1c[nH]c2ccccc12)N1CCN(c2ccc(S(=O)(=O)Nc3ccncn3)cc2)CC1.[HH].[HH]. The third kappa shape index (κ3) is 4.58. The van der Waals surface area contributed by atoms with Crippen molar-refractivity contribution in [1.82, 2.24) is 19.9 Å². The largest absolute Gasteiger partial charge is 0.368 e. The van der Waals surface area contributed by atoms with E-state index in [-0.39, 0.29) is 19.5 Å². The normalized spacial score (nSPS) is 14.4. The van der Waals surface area contributed by atoms with Crippen LogP contribution in [0.15, 0.2) is 78.2 Å². The average Bonchev–Trinajstić information content (AvgIpc) is 3.27. The van der Waals surface area contributed by atoms with Crippen molar-refractivity contribution in [3.63, 3.8) is 0 Å². The van der Waals surface area contributed by atoms with Crippen LogP contribution in [0, 0.1) is 0 Å². The summed E-state index contributed by atoms with van der Waals surface area (Å²) in [5, 5.41) is 1.08. The molecule has 9 nitrogen and oxygen atoms in total. The Bertz CT molecular complexity index is 1410. The molecule has 3 heterocycles. The van der Waals surface area contributed by atoms with Crippen molar-refractivity contribution in [3.8, 4) is 0 Å². The Labute approximate surface area is 200 Å². The van der Waals surface area contributed by atoms with Crippen LogP contribution in [0.3, 0.4) is 0 Å². The highest BCUT2D eigenvalue weighted by Gasteiger charge is 2.23. The molecule has 0 bridgehead atoms. The minimum atomic E-state index is -3.74. The number of anilines is 2. The maximum atomic E-state index is 12.9. The van der Waals surface area contributed by atoms with E-state index in [0.29, 0.717) is 32.6 Å². The molecule has 0 saturated carbocycles. The molecule has 1 fully saturated rings. The lowest BCUT2D eigenvalue weighted by Crippen LogP contribution is -2.49. The van der Waals surface area contributed by atoms with Gasteiger partial charge in [0.25, 0.3) is 10.0 Å². The number of aromatic amines is 1. The molecule has 2 N–H and O–H groups in total. The van der Waals surface area contributed by atoms with Crippen LogP contribution < -0.4 is 9.62 Å². The van der Waals surface area contributed by atoms with Crippen molar-refractivity contribution >= 4 is 38.3 Å². The molecule has 34 heavy (non-hydrogen) atoms. The Balaban J connectivity index is 0.00000180. The summed E-state index contributed by atoms with van der Waals surface area (Å²) in [7, 11) is -3.74. The summed E-state index contributed by atoms with van der Waals surface area (Å²) in [6, 6.07) is 16.2. The highest BCUT2D eigenvalue weighted by atomic mass is 32.2. The lowest BCUT2D eigenvalue weighted by atomic mass is 10.1. The van der Waals surface area contributed by atoms with E-state index < -0.39 is 10.0 Å². The fourth-order valence-electron chi connectivity index (χ4n) is 4.15. The molecule has 0 radical (unpaired) electrons. The molecular formula is C24H28N6O3S. The number of amides is 1. The number of benzene rings is 2. The lowest BCUT2D eigenvalue weighted by molar-refractivity contribution is -0.130. The van der Waals surface area contributed by atoms with E-state index >= 15 is 0 Å². The monoisotopic (exact) mass is 480 g/mol. The number of nitrogens with one attached hydrogen (secondary N) is 2. The molecule has 178 valence electrons. The highest BCUT2D eigenvalue weighted by molar-refractivity contribution is 7.92. The third-order valence-electron chi connectivity index (χ3n) is 5.98. The van der Waals surface area contributed by atoms with Gasteiger partial charge in [-0.1, -0.05) is 18.2 Å². The van der Waals surface area contributed by atoms with Crippen molar-refractivity contribution in [2.45, 2.75) is 11.3 Å². The maximum absolute atomic E-state index is 12.9. The first-order valence-corrected chi connectivity index (χ1v) is 12.4. The summed E-state index contributed by atoms with van der Waals surface area (Å²) >= 11 is 0. The zero-order chi connectivity index (χ0) is 23.5. The number of H-pyrrole nitrogens is 1. The molecule has 1 aliphatic rings. The zero-order valence-electron chi connectivity index (χ0n) is 18.4. The summed E-state index contributed by atoms with van der Waals surface area (Å²) < 4.78 is 27.6. The summed E-state index contributed by atoms with van der Waals surface area (Å²) in [5.41, 5.74) is 2.97. The van der Waals surface area contributed by atoms with Crippen LogP contribution in [0.5, 0.6) is 0 Å². The first-order valence-electron chi connectivity index (χ1n) is 11.0. The highest BCUT2D eigenvalue weighted by Crippen LogP contribution is 2.22. The molecule has 0 atom stereocenters. The Morgan fingerprint density at radius 3 is 2.53 bits per heavy atom. The van der Waals surface area contributed by atoms with Gasteiger partial charge in [0.15, 0.2) is 0 Å². The number of carbonyl (C=O) groups is 1. The molecule has 0 spiro atoms. The van der Waals surface area contributed by atoms with Crippen molar-refractivity contribution in [1.29, 1.82) is 0 Å². The number of piperazine rings is 1. The number of rotatable bonds is 6. The van der Waals surface area contributed by atoms with Gasteiger partial charge in [-0.05, 0) is 42.0 Å². The quantitative estimate of drug-likeness (QED) is 0.439. The molecule has 1 aliphatic heterocycles. The van der Waals surface area contributed by atoms with Crippen LogP contribution in [-0.2, 0) is 21.2 Å². The van der Waals surface area contributed by atoms with E-state index in [4.69, 9.17) is 0 Å². The second kappa shape index (κ2) is 9.14. The maximum Gasteiger partial charge on any atom is 0.263 e. The number of hydrogen-bond donors (Lipinski definition) is 2. The molecule has 1 saturated heterocycles. The fraction of sp³-hybridized carbons (Fsp3) is 0.208. The first kappa shape index (κ1) is 21.9. The number of carbonyl (C=O) groups excluding carboxylic acids is 1. The van der Waals surface area contributed by atoms with Gasteiger partial charge in [0.05, 0.1) is 11.3 Å². The Kier molecular flexibility index (Phi) is 5.89. The number of nitrogens with zero attached hydrogens (tertiary/aromatic N) is 4. The van der Waals surface area contributed by atoms with Crippen molar-refractivity contribution in [2.24, 2.45) is 0 Å². The van der Waals surface area contributed by atoms with Crippen molar-refractivity contribution in [3.05, 3.63) is 78.9 Å². The second-order valence-electron chi connectivity index (χ2n) is 8.10. The predicted molar refractivity (Wildman–Crippen MR) is 134 cm³/mol. The fourth-order valence-corrected chi connectivity index (χ4v) is 5.16. The smallest absolute Gasteiger partial charge is 0.263 e. The van der Waals surface area contributed by atoms with E-state index in [1.165, 1.54) is 18.6 Å². The van der Waals surface area contributed by atoms with Gasteiger partial charge < -0.3 is 14.8 Å². The van der Waals surface area contributed by atoms with Crippen LogP contribution in [0.2, 0.25) is 0 Å². The summed E-state index contributed by atoms with van der Waals surface area (Å²) in [5.74, 6) is 0.328. The Hall–Kier alpha value is -3.92. The van der Waals surface area contributed by atoms with Gasteiger partial charge in [0.1, 0.15) is 12.1 Å². The molecule has 5 rings (SSSR count). The zero-order valence-corrected chi connectivity index (χ0v) is 19.2. The van der Waals surface area contributed by atoms with Gasteiger partial charge >= 0.3 is 0 Å². The number of fused-ring (bicyclic) bond motifs is 1. The molecule has 2 aromatic carbocycles. The minimum Gasteiger partial charge on any atom is -0.368 e. The van der Waals surface area contributed by atoms with Crippen LogP contribution in [0.25, 0.3) is 10.9 Å². The van der Waals surface area contributed by atoms with Gasteiger partial charge in [0.2, 0.25) is 5.91 Å². The predicted octanol–water partition coefficient (Wildman–Crippen LogP) is 3.14. The van der Waals surface area contributed by atoms with E-state index in [0.717, 1.165) is 22.2 Å². The number of aromatic nitrogens is 3. The van der Waals surface area contributed by atoms with Gasteiger partial charge in [-0.2, -0.15) is 0 Å². The van der Waals surface area contributed by atoms with E-state index in [1.54, 1.807) is 24.3 Å². The summed E-state index contributed by atoms with van der Waals surface area (Å²) in [4.78, 5) is 28.0. The van der Waals surface area contributed by atoms with Gasteiger partial charge in [-0.15, -0.1) is 0 Å². The van der Waals surface area contributed by atoms with E-state index in [1.807, 2.05) is 35.4 Å². The molecule has 0 unspecified atom stereocenters. The molecule has 10 heteroatoms.